The Bertz CT molecular complexity index is 673. The second-order valence-corrected chi connectivity index (χ2v) is 5.26. The number of rotatable bonds is 6. The molecule has 0 aliphatic rings. The average Bonchev–Trinajstić information content (AvgIpc) is 2.56. The lowest BCUT2D eigenvalue weighted by molar-refractivity contribution is -0.417. The summed E-state index contributed by atoms with van der Waals surface area (Å²) in [6, 6.07) is 0. The first-order valence-corrected chi connectivity index (χ1v) is 7.23. The van der Waals surface area contributed by atoms with Gasteiger partial charge in [-0.15, -0.1) is 0 Å². The molecule has 4 nitrogen and oxygen atoms in total. The van der Waals surface area contributed by atoms with Crippen molar-refractivity contribution >= 4 is 11.9 Å². The summed E-state index contributed by atoms with van der Waals surface area (Å²) >= 11 is 0. The van der Waals surface area contributed by atoms with E-state index >= 15 is 0 Å². The summed E-state index contributed by atoms with van der Waals surface area (Å²) in [5, 5.41) is 0. The largest absolute Gasteiger partial charge is 0.476 e. The molecule has 0 saturated heterocycles. The minimum absolute atomic E-state index is 0.180. The lowest BCUT2D eigenvalue weighted by atomic mass is 10.3. The summed E-state index contributed by atoms with van der Waals surface area (Å²) in [4.78, 5) is 20.2. The molecule has 0 saturated carbocycles. The number of hydrogen-bond acceptors (Lipinski definition) is 4. The standard InChI is InChI=1S/C6F12O2.C6H7F5O2/c7-2(8,4(11,12)13)1(19)20-6(17,18)3(9,10)5(14,15)16;1-2-3-13-4(12)5(7,8)6(9,10)11/h;2-3H2,1H3. The lowest BCUT2D eigenvalue weighted by Crippen LogP contribution is -2.57. The van der Waals surface area contributed by atoms with Gasteiger partial charge in [-0.05, 0) is 6.42 Å². The van der Waals surface area contributed by atoms with Crippen molar-refractivity contribution < 1.29 is 93.7 Å². The maximum Gasteiger partial charge on any atom is 0.476 e. The molecule has 33 heavy (non-hydrogen) atoms. The van der Waals surface area contributed by atoms with E-state index in [9.17, 15) is 84.2 Å². The van der Waals surface area contributed by atoms with E-state index in [1.165, 1.54) is 6.92 Å². The van der Waals surface area contributed by atoms with E-state index < -0.39 is 61.0 Å². The highest BCUT2D eigenvalue weighted by atomic mass is 19.4. The van der Waals surface area contributed by atoms with E-state index in [0.29, 0.717) is 0 Å². The van der Waals surface area contributed by atoms with Gasteiger partial charge >= 0.3 is 54.3 Å². The lowest BCUT2D eigenvalue weighted by Gasteiger charge is -2.28. The second kappa shape index (κ2) is 9.94. The van der Waals surface area contributed by atoms with Gasteiger partial charge in [0.25, 0.3) is 0 Å². The fraction of sp³-hybridized carbons (Fsp3) is 0.833. The van der Waals surface area contributed by atoms with Crippen molar-refractivity contribution in [1.29, 1.82) is 0 Å². The molecule has 0 radical (unpaired) electrons. The van der Waals surface area contributed by atoms with Crippen LogP contribution in [0.5, 0.6) is 0 Å². The van der Waals surface area contributed by atoms with Crippen molar-refractivity contribution in [3.05, 3.63) is 0 Å². The molecule has 198 valence electrons. The molecule has 0 aromatic carbocycles. The highest BCUT2D eigenvalue weighted by Gasteiger charge is 2.78. The first-order chi connectivity index (χ1) is 14.1. The molecule has 0 N–H and O–H groups in total. The molecule has 0 fully saturated rings. The molecule has 0 unspecified atom stereocenters. The van der Waals surface area contributed by atoms with Crippen LogP contribution in [0, 0.1) is 0 Å². The van der Waals surface area contributed by atoms with Gasteiger partial charge in [0.1, 0.15) is 0 Å². The van der Waals surface area contributed by atoms with Crippen LogP contribution in [-0.2, 0) is 19.1 Å². The number of halogens is 17. The van der Waals surface area contributed by atoms with Gasteiger partial charge in [-0.1, -0.05) is 6.92 Å². The van der Waals surface area contributed by atoms with Crippen molar-refractivity contribution in [2.24, 2.45) is 0 Å². The minimum Gasteiger partial charge on any atom is -0.461 e. The van der Waals surface area contributed by atoms with Crippen LogP contribution in [0.4, 0.5) is 74.6 Å². The van der Waals surface area contributed by atoms with Crippen molar-refractivity contribution in [3.63, 3.8) is 0 Å². The quantitative estimate of drug-likeness (QED) is 0.324. The number of ether oxygens (including phenoxy) is 2. The molecule has 0 atom stereocenters. The van der Waals surface area contributed by atoms with Crippen LogP contribution in [0.15, 0.2) is 0 Å². The van der Waals surface area contributed by atoms with E-state index in [2.05, 4.69) is 4.74 Å². The summed E-state index contributed by atoms with van der Waals surface area (Å²) < 4.78 is 206. The van der Waals surface area contributed by atoms with Crippen molar-refractivity contribution in [3.8, 4) is 0 Å². The Morgan fingerprint density at radius 3 is 1.18 bits per heavy atom. The Balaban J connectivity index is 0. The maximum atomic E-state index is 12.3. The molecule has 21 heteroatoms. The monoisotopic (exact) mass is 538 g/mol. The number of carbonyl (C=O) groups excluding carboxylic acids is 2. The van der Waals surface area contributed by atoms with Gasteiger partial charge in [0, 0.05) is 0 Å². The summed E-state index contributed by atoms with van der Waals surface area (Å²) in [5.74, 6) is -26.1. The Morgan fingerprint density at radius 2 is 0.909 bits per heavy atom. The third-order valence-corrected chi connectivity index (χ3v) is 2.60. The first kappa shape index (κ1) is 32.9. The molecule has 0 aliphatic carbocycles. The van der Waals surface area contributed by atoms with Gasteiger partial charge in [-0.3, -0.25) is 0 Å². The third-order valence-electron chi connectivity index (χ3n) is 2.60. The predicted octanol–water partition coefficient (Wildman–Crippen LogP) is 5.65. The first-order valence-electron chi connectivity index (χ1n) is 7.23. The zero-order chi connectivity index (χ0) is 27.5. The summed E-state index contributed by atoms with van der Waals surface area (Å²) in [6.45, 7) is 1.02. The highest BCUT2D eigenvalue weighted by Crippen LogP contribution is 2.48. The molecule has 0 bridgehead atoms. The van der Waals surface area contributed by atoms with Crippen LogP contribution < -0.4 is 0 Å². The Morgan fingerprint density at radius 1 is 0.576 bits per heavy atom. The zero-order valence-corrected chi connectivity index (χ0v) is 15.0. The summed E-state index contributed by atoms with van der Waals surface area (Å²) in [5.41, 5.74) is 0. The van der Waals surface area contributed by atoms with Crippen LogP contribution in [0.1, 0.15) is 13.3 Å². The number of alkyl halides is 17. The third kappa shape index (κ3) is 7.64. The summed E-state index contributed by atoms with van der Waals surface area (Å²) in [7, 11) is 0. The Kier molecular flexibility index (Phi) is 9.91. The molecule has 0 spiro atoms. The smallest absolute Gasteiger partial charge is 0.461 e. The molecule has 0 aliphatic heterocycles. The molecule has 0 aromatic rings. The van der Waals surface area contributed by atoms with Gasteiger partial charge in [-0.2, -0.15) is 74.6 Å². The second-order valence-electron chi connectivity index (χ2n) is 5.26. The molecule has 0 rings (SSSR count). The summed E-state index contributed by atoms with van der Waals surface area (Å²) in [6.07, 6.45) is -26.6. The van der Waals surface area contributed by atoms with E-state index in [1.54, 1.807) is 4.74 Å². The van der Waals surface area contributed by atoms with Crippen molar-refractivity contribution in [2.75, 3.05) is 6.61 Å². The average molecular weight is 538 g/mol. The fourth-order valence-electron chi connectivity index (χ4n) is 0.926. The molecule has 0 aromatic heterocycles. The van der Waals surface area contributed by atoms with Gasteiger partial charge in [0.2, 0.25) is 0 Å². The van der Waals surface area contributed by atoms with E-state index in [1.807, 2.05) is 0 Å². The van der Waals surface area contributed by atoms with Crippen LogP contribution in [-0.4, -0.2) is 61.0 Å². The van der Waals surface area contributed by atoms with Gasteiger partial charge < -0.3 is 9.47 Å². The Labute approximate surface area is 169 Å². The molecule has 0 amide bonds. The number of esters is 2. The SMILES string of the molecule is CCCOC(=O)C(F)(F)C(F)(F)F.O=C(OC(F)(F)C(F)(F)C(F)(F)F)C(F)(F)C(F)(F)F. The molecular weight excluding hydrogens is 531 g/mol. The van der Waals surface area contributed by atoms with E-state index in [4.69, 9.17) is 0 Å². The van der Waals surface area contributed by atoms with Crippen LogP contribution in [0.2, 0.25) is 0 Å². The van der Waals surface area contributed by atoms with E-state index in [0.717, 1.165) is 0 Å². The zero-order valence-electron chi connectivity index (χ0n) is 15.0. The van der Waals surface area contributed by atoms with Crippen molar-refractivity contribution in [2.45, 2.75) is 55.7 Å². The topological polar surface area (TPSA) is 52.6 Å². The number of hydrogen-bond donors (Lipinski definition) is 0. The van der Waals surface area contributed by atoms with Crippen LogP contribution >= 0.6 is 0 Å². The van der Waals surface area contributed by atoms with Crippen LogP contribution in [0.3, 0.4) is 0 Å². The Hall–Kier alpha value is -2.25. The maximum absolute atomic E-state index is 12.3. The predicted molar refractivity (Wildman–Crippen MR) is 65.3 cm³/mol. The van der Waals surface area contributed by atoms with E-state index in [-0.39, 0.29) is 6.42 Å². The van der Waals surface area contributed by atoms with Gasteiger partial charge in [0.15, 0.2) is 0 Å². The number of carbonyl (C=O) groups is 2. The minimum atomic E-state index is -7.17. The van der Waals surface area contributed by atoms with Crippen LogP contribution in [0.25, 0.3) is 0 Å². The van der Waals surface area contributed by atoms with Gasteiger partial charge in [-0.25, -0.2) is 9.59 Å². The molecule has 0 heterocycles. The highest BCUT2D eigenvalue weighted by molar-refractivity contribution is 5.79. The molecular formula is C12H7F17O4. The fourth-order valence-corrected chi connectivity index (χ4v) is 0.926. The normalized spacial score (nSPS) is 14.2. The van der Waals surface area contributed by atoms with Gasteiger partial charge in [0.05, 0.1) is 6.61 Å². The van der Waals surface area contributed by atoms with Crippen molar-refractivity contribution in [1.82, 2.24) is 0 Å².